The summed E-state index contributed by atoms with van der Waals surface area (Å²) in [5.41, 5.74) is 0.808. The molecular formula is C31H52O4. The van der Waals surface area contributed by atoms with E-state index < -0.39 is 0 Å². The lowest BCUT2D eigenvalue weighted by Crippen LogP contribution is -2.33. The third-order valence-electron chi connectivity index (χ3n) is 7.13. The predicted molar refractivity (Wildman–Crippen MR) is 144 cm³/mol. The molecule has 1 saturated heterocycles. The van der Waals surface area contributed by atoms with Crippen molar-refractivity contribution in [2.24, 2.45) is 5.41 Å². The van der Waals surface area contributed by atoms with Gasteiger partial charge in [-0.3, -0.25) is 4.79 Å². The number of cyclic esters (lactones) is 1. The predicted octanol–water partition coefficient (Wildman–Crippen LogP) is 8.41. The van der Waals surface area contributed by atoms with Crippen molar-refractivity contribution >= 4 is 5.97 Å². The second-order valence-electron chi connectivity index (χ2n) is 10.7. The van der Waals surface area contributed by atoms with Crippen LogP contribution in [0, 0.1) is 5.41 Å². The zero-order chi connectivity index (χ0) is 24.9. The smallest absolute Gasteiger partial charge is 0.306 e. The number of carbonyl (C=O) groups is 1. The second-order valence-corrected chi connectivity index (χ2v) is 10.7. The summed E-state index contributed by atoms with van der Waals surface area (Å²) in [7, 11) is 0. The quantitative estimate of drug-likeness (QED) is 0.115. The van der Waals surface area contributed by atoms with Crippen LogP contribution in [0.15, 0.2) is 30.3 Å². The summed E-state index contributed by atoms with van der Waals surface area (Å²) >= 11 is 0. The fraction of sp³-hybridized carbons (Fsp3) is 0.774. The highest BCUT2D eigenvalue weighted by atomic mass is 16.5. The van der Waals surface area contributed by atoms with Crippen LogP contribution in [0.5, 0.6) is 0 Å². The van der Waals surface area contributed by atoms with Crippen molar-refractivity contribution in [3.05, 3.63) is 35.9 Å². The topological polar surface area (TPSA) is 44.8 Å². The van der Waals surface area contributed by atoms with E-state index in [-0.39, 0.29) is 11.4 Å². The zero-order valence-electron chi connectivity index (χ0n) is 22.6. The Labute approximate surface area is 215 Å². The van der Waals surface area contributed by atoms with Gasteiger partial charge in [-0.15, -0.1) is 0 Å². The molecule has 0 saturated carbocycles. The van der Waals surface area contributed by atoms with E-state index in [0.29, 0.717) is 32.8 Å². The van der Waals surface area contributed by atoms with Crippen molar-refractivity contribution < 1.29 is 19.0 Å². The van der Waals surface area contributed by atoms with Gasteiger partial charge in [0, 0.05) is 6.61 Å². The van der Waals surface area contributed by atoms with E-state index in [1.807, 2.05) is 18.2 Å². The lowest BCUT2D eigenvalue weighted by atomic mass is 9.89. The lowest BCUT2D eigenvalue weighted by molar-refractivity contribution is -0.137. The normalized spacial score (nSPS) is 17.7. The fourth-order valence-corrected chi connectivity index (χ4v) is 4.87. The maximum Gasteiger partial charge on any atom is 0.306 e. The Bertz CT molecular complexity index is 632. The first kappa shape index (κ1) is 29.8. The maximum absolute atomic E-state index is 11.8. The highest BCUT2D eigenvalue weighted by Crippen LogP contribution is 2.31. The molecule has 1 aliphatic rings. The van der Waals surface area contributed by atoms with Crippen LogP contribution < -0.4 is 0 Å². The van der Waals surface area contributed by atoms with Crippen LogP contribution in [0.25, 0.3) is 0 Å². The van der Waals surface area contributed by atoms with Gasteiger partial charge in [-0.1, -0.05) is 134 Å². The van der Waals surface area contributed by atoms with Crippen LogP contribution in [0.2, 0.25) is 0 Å². The number of hydrogen-bond acceptors (Lipinski definition) is 4. The molecule has 1 unspecified atom stereocenters. The van der Waals surface area contributed by atoms with Gasteiger partial charge in [-0.25, -0.2) is 0 Å². The van der Waals surface area contributed by atoms with Gasteiger partial charge in [0.05, 0.1) is 31.7 Å². The minimum Gasteiger partial charge on any atom is -0.465 e. The molecule has 0 N–H and O–H groups in total. The summed E-state index contributed by atoms with van der Waals surface area (Å²) in [4.78, 5) is 11.8. The fourth-order valence-electron chi connectivity index (χ4n) is 4.87. The monoisotopic (exact) mass is 488 g/mol. The van der Waals surface area contributed by atoms with E-state index in [9.17, 15) is 4.79 Å². The van der Waals surface area contributed by atoms with Gasteiger partial charge in [-0.05, 0) is 12.0 Å². The van der Waals surface area contributed by atoms with Gasteiger partial charge < -0.3 is 14.2 Å². The van der Waals surface area contributed by atoms with Gasteiger partial charge in [0.2, 0.25) is 0 Å². The van der Waals surface area contributed by atoms with E-state index in [1.54, 1.807) is 0 Å². The van der Waals surface area contributed by atoms with Crippen LogP contribution in [0.4, 0.5) is 0 Å². The van der Waals surface area contributed by atoms with Crippen LogP contribution in [-0.2, 0) is 25.6 Å². The summed E-state index contributed by atoms with van der Waals surface area (Å²) in [5.74, 6) is -0.140. The standard InChI is InChI=1S/C31H52O4/c1-2-3-4-5-6-7-8-9-10-11-12-13-14-15-16-20-23-33-26-31(24-30(32)35-28-31)27-34-25-29-21-18-17-19-22-29/h17-19,21-22H,2-16,20,23-28H2,1H3. The molecule has 1 aliphatic heterocycles. The van der Waals surface area contributed by atoms with E-state index in [2.05, 4.69) is 19.1 Å². The largest absolute Gasteiger partial charge is 0.465 e. The lowest BCUT2D eigenvalue weighted by Gasteiger charge is -2.25. The van der Waals surface area contributed by atoms with E-state index in [1.165, 1.54) is 96.3 Å². The molecule has 0 aliphatic carbocycles. The highest BCUT2D eigenvalue weighted by Gasteiger charge is 2.41. The van der Waals surface area contributed by atoms with Crippen molar-refractivity contribution in [3.8, 4) is 0 Å². The SMILES string of the molecule is CCCCCCCCCCCCCCCCCCOCC1(COCc2ccccc2)COC(=O)C1. The molecule has 35 heavy (non-hydrogen) atoms. The number of benzene rings is 1. The molecule has 0 bridgehead atoms. The molecule has 1 heterocycles. The Balaban J connectivity index is 1.39. The molecule has 1 aromatic carbocycles. The number of hydrogen-bond donors (Lipinski definition) is 0. The van der Waals surface area contributed by atoms with Crippen molar-refractivity contribution in [1.29, 1.82) is 0 Å². The van der Waals surface area contributed by atoms with Crippen LogP contribution in [0.1, 0.15) is 122 Å². The number of esters is 1. The molecule has 4 heteroatoms. The molecule has 0 amide bonds. The number of ether oxygens (including phenoxy) is 3. The van der Waals surface area contributed by atoms with Gasteiger partial charge in [0.1, 0.15) is 6.61 Å². The summed E-state index contributed by atoms with van der Waals surface area (Å²) < 4.78 is 17.2. The van der Waals surface area contributed by atoms with E-state index in [4.69, 9.17) is 14.2 Å². The molecule has 0 spiro atoms. The third kappa shape index (κ3) is 14.7. The van der Waals surface area contributed by atoms with Gasteiger partial charge in [-0.2, -0.15) is 0 Å². The Hall–Kier alpha value is -1.39. The first-order chi connectivity index (χ1) is 17.2. The van der Waals surface area contributed by atoms with E-state index in [0.717, 1.165) is 18.6 Å². The molecule has 4 nitrogen and oxygen atoms in total. The third-order valence-corrected chi connectivity index (χ3v) is 7.13. The Morgan fingerprint density at radius 3 is 1.74 bits per heavy atom. The van der Waals surface area contributed by atoms with Crippen molar-refractivity contribution in [2.75, 3.05) is 26.4 Å². The number of rotatable bonds is 23. The minimum atomic E-state index is -0.332. The molecular weight excluding hydrogens is 436 g/mol. The van der Waals surface area contributed by atoms with Crippen LogP contribution in [-0.4, -0.2) is 32.4 Å². The van der Waals surface area contributed by atoms with Crippen LogP contribution >= 0.6 is 0 Å². The molecule has 0 radical (unpaired) electrons. The average molecular weight is 489 g/mol. The van der Waals surface area contributed by atoms with Crippen molar-refractivity contribution in [2.45, 2.75) is 123 Å². The van der Waals surface area contributed by atoms with Gasteiger partial charge in [0.15, 0.2) is 0 Å². The summed E-state index contributed by atoms with van der Waals surface area (Å²) in [5, 5.41) is 0. The first-order valence-corrected chi connectivity index (χ1v) is 14.6. The molecule has 1 atom stereocenters. The van der Waals surface area contributed by atoms with E-state index >= 15 is 0 Å². The minimum absolute atomic E-state index is 0.140. The zero-order valence-corrected chi connectivity index (χ0v) is 22.6. The second kappa shape index (κ2) is 19.8. The summed E-state index contributed by atoms with van der Waals surface area (Å²) in [6, 6.07) is 10.1. The maximum atomic E-state index is 11.8. The highest BCUT2D eigenvalue weighted by molar-refractivity contribution is 5.72. The molecule has 200 valence electrons. The molecule has 1 fully saturated rings. The van der Waals surface area contributed by atoms with Gasteiger partial charge in [0.25, 0.3) is 0 Å². The van der Waals surface area contributed by atoms with Crippen molar-refractivity contribution in [1.82, 2.24) is 0 Å². The Kier molecular flexibility index (Phi) is 16.8. The van der Waals surface area contributed by atoms with Crippen molar-refractivity contribution in [3.63, 3.8) is 0 Å². The van der Waals surface area contributed by atoms with Crippen LogP contribution in [0.3, 0.4) is 0 Å². The molecule has 0 aromatic heterocycles. The molecule has 1 aromatic rings. The Morgan fingerprint density at radius 2 is 1.23 bits per heavy atom. The summed E-state index contributed by atoms with van der Waals surface area (Å²) in [6.45, 7) is 5.02. The Morgan fingerprint density at radius 1 is 0.714 bits per heavy atom. The summed E-state index contributed by atoms with van der Waals surface area (Å²) in [6.07, 6.45) is 22.3. The number of unbranched alkanes of at least 4 members (excludes halogenated alkanes) is 15. The molecule has 2 rings (SSSR count). The number of carbonyl (C=O) groups excluding carboxylic acids is 1. The van der Waals surface area contributed by atoms with Gasteiger partial charge >= 0.3 is 5.97 Å². The first-order valence-electron chi connectivity index (χ1n) is 14.6. The average Bonchev–Trinajstić information content (AvgIpc) is 3.24.